The minimum atomic E-state index is 0.203. The molecule has 3 nitrogen and oxygen atoms in total. The van der Waals surface area contributed by atoms with E-state index in [9.17, 15) is 4.79 Å². The fourth-order valence-corrected chi connectivity index (χ4v) is 1.92. The fraction of sp³-hybridized carbons (Fsp3) is 0.533. The molecule has 0 aliphatic carbocycles. The Hall–Kier alpha value is -1.51. The van der Waals surface area contributed by atoms with Gasteiger partial charge in [0.1, 0.15) is 0 Å². The second kappa shape index (κ2) is 7.75. The Morgan fingerprint density at radius 2 is 2.00 bits per heavy atom. The van der Waals surface area contributed by atoms with Crippen molar-refractivity contribution in [2.75, 3.05) is 19.3 Å². The molecule has 0 aliphatic rings. The summed E-state index contributed by atoms with van der Waals surface area (Å²) in [4.78, 5) is 13.7. The van der Waals surface area contributed by atoms with Crippen molar-refractivity contribution in [3.8, 4) is 0 Å². The van der Waals surface area contributed by atoms with Gasteiger partial charge in [0.15, 0.2) is 0 Å². The monoisotopic (exact) mass is 248 g/mol. The van der Waals surface area contributed by atoms with Crippen molar-refractivity contribution in [3.63, 3.8) is 0 Å². The van der Waals surface area contributed by atoms with Gasteiger partial charge >= 0.3 is 0 Å². The Morgan fingerprint density at radius 1 is 1.28 bits per heavy atom. The summed E-state index contributed by atoms with van der Waals surface area (Å²) in [6.45, 7) is 3.02. The number of anilines is 1. The quantitative estimate of drug-likeness (QED) is 0.596. The SMILES string of the molecule is CCCCCN(C)C(=O)CCc1ccccc1N. The topological polar surface area (TPSA) is 46.3 Å². The number of unbranched alkanes of at least 4 members (excludes halogenated alkanes) is 2. The molecule has 0 unspecified atom stereocenters. The number of nitrogens with zero attached hydrogens (tertiary/aromatic N) is 1. The molecule has 1 amide bonds. The van der Waals surface area contributed by atoms with Crippen LogP contribution in [0.5, 0.6) is 0 Å². The lowest BCUT2D eigenvalue weighted by Gasteiger charge is -2.17. The van der Waals surface area contributed by atoms with Gasteiger partial charge in [0, 0.05) is 25.7 Å². The summed E-state index contributed by atoms with van der Waals surface area (Å²) in [6, 6.07) is 7.74. The van der Waals surface area contributed by atoms with Gasteiger partial charge in [0.25, 0.3) is 0 Å². The molecule has 3 heteroatoms. The van der Waals surface area contributed by atoms with E-state index in [0.717, 1.165) is 30.6 Å². The van der Waals surface area contributed by atoms with E-state index in [1.54, 1.807) is 0 Å². The summed E-state index contributed by atoms with van der Waals surface area (Å²) in [5, 5.41) is 0. The normalized spacial score (nSPS) is 10.3. The van der Waals surface area contributed by atoms with Crippen molar-refractivity contribution in [2.24, 2.45) is 0 Å². The van der Waals surface area contributed by atoms with Gasteiger partial charge in [-0.2, -0.15) is 0 Å². The van der Waals surface area contributed by atoms with Crippen LogP contribution < -0.4 is 5.73 Å². The number of nitrogen functional groups attached to an aromatic ring is 1. The van der Waals surface area contributed by atoms with Gasteiger partial charge in [-0.1, -0.05) is 38.0 Å². The first-order valence-corrected chi connectivity index (χ1v) is 6.72. The van der Waals surface area contributed by atoms with E-state index in [1.165, 1.54) is 12.8 Å². The lowest BCUT2D eigenvalue weighted by atomic mass is 10.1. The third-order valence-corrected chi connectivity index (χ3v) is 3.19. The molecule has 0 atom stereocenters. The molecule has 0 spiro atoms. The number of para-hydroxylation sites is 1. The molecule has 0 radical (unpaired) electrons. The highest BCUT2D eigenvalue weighted by Crippen LogP contribution is 2.13. The molecule has 0 aliphatic heterocycles. The summed E-state index contributed by atoms with van der Waals surface area (Å²) >= 11 is 0. The average Bonchev–Trinajstić information content (AvgIpc) is 2.37. The molecule has 1 rings (SSSR count). The van der Waals surface area contributed by atoms with E-state index >= 15 is 0 Å². The molecule has 100 valence electrons. The predicted molar refractivity (Wildman–Crippen MR) is 76.3 cm³/mol. The Kier molecular flexibility index (Phi) is 6.26. The van der Waals surface area contributed by atoms with Gasteiger partial charge in [-0.25, -0.2) is 0 Å². The molecule has 1 aromatic carbocycles. The summed E-state index contributed by atoms with van der Waals surface area (Å²) in [6.07, 6.45) is 4.72. The Balaban J connectivity index is 2.34. The zero-order chi connectivity index (χ0) is 13.4. The van der Waals surface area contributed by atoms with E-state index in [0.29, 0.717) is 6.42 Å². The highest BCUT2D eigenvalue weighted by molar-refractivity contribution is 5.76. The predicted octanol–water partition coefficient (Wildman–Crippen LogP) is 2.85. The summed E-state index contributed by atoms with van der Waals surface area (Å²) in [5.74, 6) is 0.203. The maximum Gasteiger partial charge on any atom is 0.222 e. The molecule has 0 fully saturated rings. The van der Waals surface area contributed by atoms with Gasteiger partial charge in [0.2, 0.25) is 5.91 Å². The number of benzene rings is 1. The molecule has 1 aromatic rings. The van der Waals surface area contributed by atoms with Crippen molar-refractivity contribution in [2.45, 2.75) is 39.0 Å². The van der Waals surface area contributed by atoms with E-state index in [4.69, 9.17) is 5.73 Å². The minimum Gasteiger partial charge on any atom is -0.399 e. The molecule has 0 bridgehead atoms. The van der Waals surface area contributed by atoms with Crippen molar-refractivity contribution < 1.29 is 4.79 Å². The second-order valence-corrected chi connectivity index (χ2v) is 4.72. The minimum absolute atomic E-state index is 0.203. The van der Waals surface area contributed by atoms with Crippen LogP contribution >= 0.6 is 0 Å². The molecular weight excluding hydrogens is 224 g/mol. The molecule has 0 aromatic heterocycles. The van der Waals surface area contributed by atoms with Crippen LogP contribution in [-0.4, -0.2) is 24.4 Å². The second-order valence-electron chi connectivity index (χ2n) is 4.72. The largest absolute Gasteiger partial charge is 0.399 e. The van der Waals surface area contributed by atoms with Gasteiger partial charge in [-0.05, 0) is 24.5 Å². The molecule has 0 saturated carbocycles. The van der Waals surface area contributed by atoms with Crippen LogP contribution in [0, 0.1) is 0 Å². The Labute approximate surface area is 110 Å². The highest BCUT2D eigenvalue weighted by Gasteiger charge is 2.09. The Morgan fingerprint density at radius 3 is 2.67 bits per heavy atom. The van der Waals surface area contributed by atoms with Crippen molar-refractivity contribution in [1.29, 1.82) is 0 Å². The third kappa shape index (κ3) is 4.78. The van der Waals surface area contributed by atoms with Gasteiger partial charge in [-0.3, -0.25) is 4.79 Å². The highest BCUT2D eigenvalue weighted by atomic mass is 16.2. The van der Waals surface area contributed by atoms with Crippen LogP contribution in [-0.2, 0) is 11.2 Å². The van der Waals surface area contributed by atoms with E-state index in [-0.39, 0.29) is 5.91 Å². The number of carbonyl (C=O) groups is 1. The lowest BCUT2D eigenvalue weighted by molar-refractivity contribution is -0.129. The number of aryl methyl sites for hydroxylation is 1. The molecule has 0 saturated heterocycles. The average molecular weight is 248 g/mol. The van der Waals surface area contributed by atoms with E-state index < -0.39 is 0 Å². The van der Waals surface area contributed by atoms with Gasteiger partial charge in [-0.15, -0.1) is 0 Å². The zero-order valence-electron chi connectivity index (χ0n) is 11.5. The van der Waals surface area contributed by atoms with Crippen LogP contribution in [0.25, 0.3) is 0 Å². The van der Waals surface area contributed by atoms with Crippen molar-refractivity contribution in [1.82, 2.24) is 4.90 Å². The van der Waals surface area contributed by atoms with Crippen LogP contribution in [0.1, 0.15) is 38.2 Å². The van der Waals surface area contributed by atoms with Crippen LogP contribution in [0.15, 0.2) is 24.3 Å². The summed E-state index contributed by atoms with van der Waals surface area (Å²) in [7, 11) is 1.88. The maximum absolute atomic E-state index is 11.9. The smallest absolute Gasteiger partial charge is 0.222 e. The number of hydrogen-bond acceptors (Lipinski definition) is 2. The van der Waals surface area contributed by atoms with Gasteiger partial charge in [0.05, 0.1) is 0 Å². The number of nitrogens with two attached hydrogens (primary N) is 1. The maximum atomic E-state index is 11.9. The lowest BCUT2D eigenvalue weighted by Crippen LogP contribution is -2.27. The first-order valence-electron chi connectivity index (χ1n) is 6.72. The molecule has 0 heterocycles. The van der Waals surface area contributed by atoms with Crippen molar-refractivity contribution >= 4 is 11.6 Å². The Bertz CT molecular complexity index is 377. The number of hydrogen-bond donors (Lipinski definition) is 1. The van der Waals surface area contributed by atoms with Gasteiger partial charge < -0.3 is 10.6 Å². The molecular formula is C15H24N2O. The first kappa shape index (κ1) is 14.6. The number of carbonyl (C=O) groups excluding carboxylic acids is 1. The number of amides is 1. The van der Waals surface area contributed by atoms with Crippen molar-refractivity contribution in [3.05, 3.63) is 29.8 Å². The summed E-state index contributed by atoms with van der Waals surface area (Å²) in [5.41, 5.74) is 7.70. The van der Waals surface area contributed by atoms with Crippen LogP contribution in [0.3, 0.4) is 0 Å². The standard InChI is InChI=1S/C15H24N2O/c1-3-4-7-12-17(2)15(18)11-10-13-8-5-6-9-14(13)16/h5-6,8-9H,3-4,7,10-12,16H2,1-2H3. The fourth-order valence-electron chi connectivity index (χ4n) is 1.92. The summed E-state index contributed by atoms with van der Waals surface area (Å²) < 4.78 is 0. The first-order chi connectivity index (χ1) is 8.65. The third-order valence-electron chi connectivity index (χ3n) is 3.19. The van der Waals surface area contributed by atoms with Crippen LogP contribution in [0.4, 0.5) is 5.69 Å². The molecule has 2 N–H and O–H groups in total. The molecule has 18 heavy (non-hydrogen) atoms. The zero-order valence-corrected chi connectivity index (χ0v) is 11.5. The van der Waals surface area contributed by atoms with Crippen LogP contribution in [0.2, 0.25) is 0 Å². The number of rotatable bonds is 7. The van der Waals surface area contributed by atoms with E-state index in [1.807, 2.05) is 36.2 Å². The van der Waals surface area contributed by atoms with E-state index in [2.05, 4.69) is 6.92 Å².